The minimum absolute atomic E-state index is 0.0158. The lowest BCUT2D eigenvalue weighted by Gasteiger charge is -2.26. The summed E-state index contributed by atoms with van der Waals surface area (Å²) in [5.41, 5.74) is 3.00. The minimum Gasteiger partial charge on any atom is -0.346 e. The zero-order valence-corrected chi connectivity index (χ0v) is 17.8. The van der Waals surface area contributed by atoms with Crippen LogP contribution in [-0.2, 0) is 4.79 Å². The number of hydrogen-bond acceptors (Lipinski definition) is 3. The summed E-state index contributed by atoms with van der Waals surface area (Å²) in [5, 5.41) is 0. The predicted octanol–water partition coefficient (Wildman–Crippen LogP) is 3.58. The number of aromatic amines is 1. The first-order valence-electron chi connectivity index (χ1n) is 9.82. The van der Waals surface area contributed by atoms with Crippen LogP contribution in [0.2, 0.25) is 0 Å². The van der Waals surface area contributed by atoms with Gasteiger partial charge in [-0.2, -0.15) is 0 Å². The van der Waals surface area contributed by atoms with Gasteiger partial charge in [-0.15, -0.1) is 11.3 Å². The summed E-state index contributed by atoms with van der Waals surface area (Å²) < 4.78 is 3.71. The Bertz CT molecular complexity index is 1010. The second kappa shape index (κ2) is 7.63. The summed E-state index contributed by atoms with van der Waals surface area (Å²) in [4.78, 5) is 27.4. The van der Waals surface area contributed by atoms with E-state index in [0.717, 1.165) is 5.56 Å². The second-order valence-electron chi connectivity index (χ2n) is 8.68. The highest BCUT2D eigenvalue weighted by molar-refractivity contribution is 7.07. The molecule has 0 bridgehead atoms. The molecule has 0 radical (unpaired) electrons. The SMILES string of the molecule is Cc1cc(/C=c2\s/c(=C\C(=O)C(C)(C)C)[nH]c2=O)c(C)n1C1CCCCC1. The fourth-order valence-corrected chi connectivity index (χ4v) is 4.73. The van der Waals surface area contributed by atoms with Crippen LogP contribution in [0.5, 0.6) is 0 Å². The Hall–Kier alpha value is -1.88. The molecule has 5 heteroatoms. The number of nitrogens with zero attached hydrogens (tertiary/aromatic N) is 1. The minimum atomic E-state index is -0.449. The van der Waals surface area contributed by atoms with Crippen LogP contribution >= 0.6 is 11.3 Å². The molecule has 2 heterocycles. The number of aromatic nitrogens is 2. The Morgan fingerprint density at radius 2 is 1.89 bits per heavy atom. The van der Waals surface area contributed by atoms with Gasteiger partial charge in [0, 0.05) is 28.9 Å². The summed E-state index contributed by atoms with van der Waals surface area (Å²) in [6.45, 7) is 9.93. The van der Waals surface area contributed by atoms with Gasteiger partial charge in [0.25, 0.3) is 5.56 Å². The Labute approximate surface area is 164 Å². The molecular weight excluding hydrogens is 356 g/mol. The zero-order valence-electron chi connectivity index (χ0n) is 17.0. The molecule has 27 heavy (non-hydrogen) atoms. The molecule has 0 spiro atoms. The standard InChI is InChI=1S/C22H30N2O2S/c1-14-11-16(15(2)24(14)17-9-7-6-8-10-17)12-18-21(26)23-20(27-18)13-19(25)22(3,4)5/h11-13,17H,6-10H2,1-5H3,(H,23,26)/b18-12-,20-13-. The van der Waals surface area contributed by atoms with Gasteiger partial charge in [-0.3, -0.25) is 9.59 Å². The van der Waals surface area contributed by atoms with Crippen LogP contribution in [0.3, 0.4) is 0 Å². The van der Waals surface area contributed by atoms with E-state index < -0.39 is 5.41 Å². The van der Waals surface area contributed by atoms with Crippen LogP contribution in [0, 0.1) is 19.3 Å². The molecule has 1 aliphatic rings. The van der Waals surface area contributed by atoms with Gasteiger partial charge in [-0.1, -0.05) is 40.0 Å². The summed E-state index contributed by atoms with van der Waals surface area (Å²) in [6, 6.07) is 2.75. The molecule has 3 rings (SSSR count). The largest absolute Gasteiger partial charge is 0.346 e. The van der Waals surface area contributed by atoms with E-state index in [2.05, 4.69) is 29.5 Å². The molecule has 0 aliphatic heterocycles. The highest BCUT2D eigenvalue weighted by Gasteiger charge is 2.20. The molecule has 2 aromatic rings. The van der Waals surface area contributed by atoms with Crippen molar-refractivity contribution >= 4 is 29.3 Å². The Balaban J connectivity index is 2.00. The smallest absolute Gasteiger partial charge is 0.266 e. The molecule has 1 aliphatic carbocycles. The van der Waals surface area contributed by atoms with Crippen molar-refractivity contribution in [1.82, 2.24) is 9.55 Å². The van der Waals surface area contributed by atoms with Crippen LogP contribution in [0.25, 0.3) is 12.2 Å². The number of carbonyl (C=O) groups is 1. The van der Waals surface area contributed by atoms with Crippen LogP contribution in [-0.4, -0.2) is 15.3 Å². The number of Topliss-reactive ketones (excluding diaryl/α,β-unsaturated/α-hetero) is 1. The third kappa shape index (κ3) is 4.34. The average molecular weight is 387 g/mol. The van der Waals surface area contributed by atoms with E-state index in [0.29, 0.717) is 15.2 Å². The summed E-state index contributed by atoms with van der Waals surface area (Å²) >= 11 is 1.35. The van der Waals surface area contributed by atoms with Crippen molar-refractivity contribution in [2.24, 2.45) is 5.41 Å². The Kier molecular flexibility index (Phi) is 5.61. The van der Waals surface area contributed by atoms with E-state index >= 15 is 0 Å². The van der Waals surface area contributed by atoms with Crippen molar-refractivity contribution in [2.75, 3.05) is 0 Å². The van der Waals surface area contributed by atoms with E-state index in [9.17, 15) is 9.59 Å². The van der Waals surface area contributed by atoms with Gasteiger partial charge in [0.15, 0.2) is 5.78 Å². The summed E-state index contributed by atoms with van der Waals surface area (Å²) in [5.74, 6) is 0.0158. The first-order valence-corrected chi connectivity index (χ1v) is 10.6. The van der Waals surface area contributed by atoms with Crippen molar-refractivity contribution in [2.45, 2.75) is 72.8 Å². The maximum atomic E-state index is 12.4. The Morgan fingerprint density at radius 3 is 2.52 bits per heavy atom. The molecule has 1 saturated carbocycles. The number of rotatable bonds is 3. The van der Waals surface area contributed by atoms with Crippen molar-refractivity contribution in [3.8, 4) is 0 Å². The van der Waals surface area contributed by atoms with E-state index in [1.807, 2.05) is 26.8 Å². The number of hydrogen-bond donors (Lipinski definition) is 1. The highest BCUT2D eigenvalue weighted by atomic mass is 32.1. The van der Waals surface area contributed by atoms with Crippen LogP contribution in [0.4, 0.5) is 0 Å². The lowest BCUT2D eigenvalue weighted by Crippen LogP contribution is -2.22. The zero-order chi connectivity index (χ0) is 19.8. The molecule has 0 unspecified atom stereocenters. The van der Waals surface area contributed by atoms with Crippen molar-refractivity contribution < 1.29 is 4.79 Å². The lowest BCUT2D eigenvalue weighted by atomic mass is 9.91. The summed E-state index contributed by atoms with van der Waals surface area (Å²) in [7, 11) is 0. The molecule has 0 atom stereocenters. The van der Waals surface area contributed by atoms with Crippen LogP contribution in [0.1, 0.15) is 75.9 Å². The molecule has 0 saturated heterocycles. The van der Waals surface area contributed by atoms with Crippen LogP contribution < -0.4 is 14.8 Å². The lowest BCUT2D eigenvalue weighted by molar-refractivity contribution is -0.119. The first-order chi connectivity index (χ1) is 12.7. The van der Waals surface area contributed by atoms with E-state index in [1.54, 1.807) is 6.08 Å². The monoisotopic (exact) mass is 386 g/mol. The quantitative estimate of drug-likeness (QED) is 0.876. The number of H-pyrrole nitrogens is 1. The maximum absolute atomic E-state index is 12.4. The van der Waals surface area contributed by atoms with Crippen molar-refractivity contribution in [3.63, 3.8) is 0 Å². The van der Waals surface area contributed by atoms with Crippen molar-refractivity contribution in [3.05, 3.63) is 42.6 Å². The number of carbonyl (C=O) groups excluding carboxylic acids is 1. The van der Waals surface area contributed by atoms with Gasteiger partial charge >= 0.3 is 0 Å². The average Bonchev–Trinajstić information content (AvgIpc) is 3.07. The predicted molar refractivity (Wildman–Crippen MR) is 113 cm³/mol. The molecule has 146 valence electrons. The van der Waals surface area contributed by atoms with Crippen LogP contribution in [0.15, 0.2) is 10.9 Å². The molecule has 4 nitrogen and oxygen atoms in total. The number of nitrogens with one attached hydrogen (secondary N) is 1. The van der Waals surface area contributed by atoms with E-state index in [-0.39, 0.29) is 11.3 Å². The van der Waals surface area contributed by atoms with Gasteiger partial charge in [0.1, 0.15) is 0 Å². The highest BCUT2D eigenvalue weighted by Crippen LogP contribution is 2.32. The molecule has 1 fully saturated rings. The van der Waals surface area contributed by atoms with E-state index in [1.165, 1.54) is 54.8 Å². The number of thiazole rings is 1. The van der Waals surface area contributed by atoms with Gasteiger partial charge in [0.05, 0.1) is 9.20 Å². The Morgan fingerprint density at radius 1 is 1.22 bits per heavy atom. The van der Waals surface area contributed by atoms with Gasteiger partial charge < -0.3 is 9.55 Å². The fourth-order valence-electron chi connectivity index (χ4n) is 3.85. The van der Waals surface area contributed by atoms with Gasteiger partial charge in [-0.25, -0.2) is 0 Å². The topological polar surface area (TPSA) is 54.9 Å². The normalized spacial score (nSPS) is 17.7. The summed E-state index contributed by atoms with van der Waals surface area (Å²) in [6.07, 6.45) is 9.93. The molecule has 2 aromatic heterocycles. The molecule has 0 aromatic carbocycles. The number of aryl methyl sites for hydroxylation is 1. The maximum Gasteiger partial charge on any atom is 0.266 e. The number of ketones is 1. The third-order valence-electron chi connectivity index (χ3n) is 5.43. The van der Waals surface area contributed by atoms with Gasteiger partial charge in [0.2, 0.25) is 0 Å². The van der Waals surface area contributed by atoms with Gasteiger partial charge in [-0.05, 0) is 44.4 Å². The van der Waals surface area contributed by atoms with Crippen molar-refractivity contribution in [1.29, 1.82) is 0 Å². The fraction of sp³-hybridized carbons (Fsp3) is 0.545. The molecular formula is C22H30N2O2S. The second-order valence-corrected chi connectivity index (χ2v) is 9.76. The molecule has 0 amide bonds. The molecule has 1 N–H and O–H groups in total. The van der Waals surface area contributed by atoms with E-state index in [4.69, 9.17) is 0 Å². The third-order valence-corrected chi connectivity index (χ3v) is 6.39. The first kappa shape index (κ1) is 19.9.